The molecular weight excluding hydrogens is 236 g/mol. The Hall–Kier alpha value is -0.280. The number of carbonyl (C=O) groups is 1. The van der Waals surface area contributed by atoms with Crippen molar-refractivity contribution in [1.29, 1.82) is 0 Å². The van der Waals surface area contributed by atoms with E-state index in [4.69, 9.17) is 0 Å². The van der Waals surface area contributed by atoms with E-state index in [1.54, 1.807) is 6.92 Å². The predicted octanol–water partition coefficient (Wildman–Crippen LogP) is 2.87. The summed E-state index contributed by atoms with van der Waals surface area (Å²) in [4.78, 5) is 11.7. The van der Waals surface area contributed by atoms with Crippen molar-refractivity contribution in [3.05, 3.63) is 28.2 Å². The van der Waals surface area contributed by atoms with Crippen LogP contribution in [0.4, 0.5) is 0 Å². The van der Waals surface area contributed by atoms with Gasteiger partial charge in [-0.3, -0.25) is 4.79 Å². The SMILES string of the molecule is CC(=O)Cc1cc(Br)ccc1S. The zero-order valence-corrected chi connectivity index (χ0v) is 9.15. The summed E-state index contributed by atoms with van der Waals surface area (Å²) in [5, 5.41) is 0. The van der Waals surface area contributed by atoms with Gasteiger partial charge >= 0.3 is 0 Å². The van der Waals surface area contributed by atoms with Crippen molar-refractivity contribution < 1.29 is 4.79 Å². The third-order valence-electron chi connectivity index (χ3n) is 1.48. The summed E-state index contributed by atoms with van der Waals surface area (Å²) in [7, 11) is 0. The number of thiol groups is 1. The first-order valence-corrected chi connectivity index (χ1v) is 4.80. The second-order valence-corrected chi connectivity index (χ2v) is 4.05. The molecule has 0 fully saturated rings. The van der Waals surface area contributed by atoms with Crippen LogP contribution in [0.2, 0.25) is 0 Å². The van der Waals surface area contributed by atoms with Crippen LogP contribution in [0.5, 0.6) is 0 Å². The minimum atomic E-state index is 0.156. The first-order valence-electron chi connectivity index (χ1n) is 3.56. The Labute approximate surface area is 85.7 Å². The van der Waals surface area contributed by atoms with E-state index in [2.05, 4.69) is 28.6 Å². The zero-order valence-electron chi connectivity index (χ0n) is 6.67. The molecule has 3 heteroatoms. The Bertz CT molecular complexity index is 309. The maximum Gasteiger partial charge on any atom is 0.134 e. The van der Waals surface area contributed by atoms with Gasteiger partial charge in [0.15, 0.2) is 0 Å². The van der Waals surface area contributed by atoms with Crippen LogP contribution in [-0.4, -0.2) is 5.78 Å². The number of ketones is 1. The van der Waals surface area contributed by atoms with E-state index in [-0.39, 0.29) is 5.78 Å². The van der Waals surface area contributed by atoms with Gasteiger partial charge in [0.1, 0.15) is 5.78 Å². The predicted molar refractivity (Wildman–Crippen MR) is 55.8 cm³/mol. The number of hydrogen-bond acceptors (Lipinski definition) is 2. The van der Waals surface area contributed by atoms with Gasteiger partial charge < -0.3 is 0 Å². The van der Waals surface area contributed by atoms with Gasteiger partial charge in [0.05, 0.1) is 0 Å². The maximum atomic E-state index is 10.8. The number of hydrogen-bond donors (Lipinski definition) is 1. The highest BCUT2D eigenvalue weighted by molar-refractivity contribution is 9.10. The van der Waals surface area contributed by atoms with Gasteiger partial charge in [0.25, 0.3) is 0 Å². The van der Waals surface area contributed by atoms with Crippen LogP contribution in [0.1, 0.15) is 12.5 Å². The molecule has 1 nitrogen and oxygen atoms in total. The summed E-state index contributed by atoms with van der Waals surface area (Å²) in [5.74, 6) is 0.156. The molecule has 0 aromatic heterocycles. The minimum absolute atomic E-state index is 0.156. The number of Topliss-reactive ketones (excluding diaryl/α,β-unsaturated/α-hetero) is 1. The third kappa shape index (κ3) is 2.64. The fourth-order valence-electron chi connectivity index (χ4n) is 0.964. The van der Waals surface area contributed by atoms with E-state index in [1.165, 1.54) is 0 Å². The molecule has 0 atom stereocenters. The molecule has 0 spiro atoms. The fraction of sp³-hybridized carbons (Fsp3) is 0.222. The maximum absolute atomic E-state index is 10.8. The van der Waals surface area contributed by atoms with Crippen molar-refractivity contribution in [3.8, 4) is 0 Å². The number of halogens is 1. The summed E-state index contributed by atoms with van der Waals surface area (Å²) in [6.45, 7) is 1.58. The lowest BCUT2D eigenvalue weighted by atomic mass is 10.1. The first-order chi connectivity index (χ1) is 5.59. The smallest absolute Gasteiger partial charge is 0.134 e. The van der Waals surface area contributed by atoms with Gasteiger partial charge in [-0.1, -0.05) is 15.9 Å². The monoisotopic (exact) mass is 244 g/mol. The molecule has 0 saturated carbocycles. The number of rotatable bonds is 2. The Morgan fingerprint density at radius 2 is 2.25 bits per heavy atom. The van der Waals surface area contributed by atoms with Gasteiger partial charge in [-0.05, 0) is 30.7 Å². The Morgan fingerprint density at radius 3 is 2.83 bits per heavy atom. The Morgan fingerprint density at radius 1 is 1.58 bits per heavy atom. The fourth-order valence-corrected chi connectivity index (χ4v) is 1.59. The summed E-state index contributed by atoms with van der Waals surface area (Å²) < 4.78 is 0.983. The van der Waals surface area contributed by atoms with E-state index < -0.39 is 0 Å². The average Bonchev–Trinajstić information content (AvgIpc) is 1.96. The van der Waals surface area contributed by atoms with Crippen molar-refractivity contribution in [3.63, 3.8) is 0 Å². The standard InChI is InChI=1S/C9H9BrOS/c1-6(11)4-7-5-8(10)2-3-9(7)12/h2-3,5,12H,4H2,1H3. The quantitative estimate of drug-likeness (QED) is 0.793. The van der Waals surface area contributed by atoms with Crippen molar-refractivity contribution in [1.82, 2.24) is 0 Å². The summed E-state index contributed by atoms with van der Waals surface area (Å²) >= 11 is 7.59. The topological polar surface area (TPSA) is 17.1 Å². The molecular formula is C9H9BrOS. The molecule has 1 aromatic carbocycles. The van der Waals surface area contributed by atoms with Gasteiger partial charge in [-0.25, -0.2) is 0 Å². The molecule has 1 rings (SSSR count). The highest BCUT2D eigenvalue weighted by Crippen LogP contribution is 2.19. The lowest BCUT2D eigenvalue weighted by molar-refractivity contribution is -0.116. The molecule has 0 aliphatic carbocycles. The second-order valence-electron chi connectivity index (χ2n) is 2.65. The minimum Gasteiger partial charge on any atom is -0.300 e. The molecule has 0 saturated heterocycles. The molecule has 1 aromatic rings. The molecule has 64 valence electrons. The normalized spacial score (nSPS) is 9.92. The van der Waals surface area contributed by atoms with Crippen LogP contribution < -0.4 is 0 Å². The van der Waals surface area contributed by atoms with Gasteiger partial charge in [-0.15, -0.1) is 12.6 Å². The van der Waals surface area contributed by atoms with Crippen molar-refractivity contribution >= 4 is 34.3 Å². The highest BCUT2D eigenvalue weighted by atomic mass is 79.9. The molecule has 0 N–H and O–H groups in total. The molecule has 0 radical (unpaired) electrons. The van der Waals surface area contributed by atoms with E-state index in [0.717, 1.165) is 14.9 Å². The van der Waals surface area contributed by atoms with E-state index >= 15 is 0 Å². The lowest BCUT2D eigenvalue weighted by Crippen LogP contribution is -1.97. The van der Waals surface area contributed by atoms with E-state index in [9.17, 15) is 4.79 Å². The second kappa shape index (κ2) is 4.10. The van der Waals surface area contributed by atoms with Gasteiger partial charge in [-0.2, -0.15) is 0 Å². The molecule has 12 heavy (non-hydrogen) atoms. The Kier molecular flexibility index (Phi) is 3.35. The molecule has 0 amide bonds. The molecule has 0 heterocycles. The van der Waals surface area contributed by atoms with Crippen molar-refractivity contribution in [2.45, 2.75) is 18.2 Å². The van der Waals surface area contributed by atoms with E-state index in [0.29, 0.717) is 6.42 Å². The molecule has 0 bridgehead atoms. The van der Waals surface area contributed by atoms with Crippen LogP contribution >= 0.6 is 28.6 Å². The lowest BCUT2D eigenvalue weighted by Gasteiger charge is -2.02. The third-order valence-corrected chi connectivity index (χ3v) is 2.41. The van der Waals surface area contributed by atoms with Crippen LogP contribution in [0.15, 0.2) is 27.6 Å². The van der Waals surface area contributed by atoms with Crippen LogP contribution in [0, 0.1) is 0 Å². The Balaban J connectivity index is 2.97. The summed E-state index contributed by atoms with van der Waals surface area (Å²) in [5.41, 5.74) is 0.972. The molecule has 0 unspecified atom stereocenters. The van der Waals surface area contributed by atoms with Gasteiger partial charge in [0.2, 0.25) is 0 Å². The van der Waals surface area contributed by atoms with Crippen LogP contribution in [-0.2, 0) is 11.2 Å². The summed E-state index contributed by atoms with van der Waals surface area (Å²) in [6.07, 6.45) is 0.457. The highest BCUT2D eigenvalue weighted by Gasteiger charge is 2.02. The average molecular weight is 245 g/mol. The number of carbonyl (C=O) groups excluding carboxylic acids is 1. The largest absolute Gasteiger partial charge is 0.300 e. The summed E-state index contributed by atoms with van der Waals surface area (Å²) in [6, 6.07) is 5.71. The van der Waals surface area contributed by atoms with E-state index in [1.807, 2.05) is 18.2 Å². The number of benzene rings is 1. The van der Waals surface area contributed by atoms with Crippen molar-refractivity contribution in [2.75, 3.05) is 0 Å². The first kappa shape index (κ1) is 9.81. The van der Waals surface area contributed by atoms with Gasteiger partial charge in [0, 0.05) is 15.8 Å². The van der Waals surface area contributed by atoms with Crippen LogP contribution in [0.25, 0.3) is 0 Å². The van der Waals surface area contributed by atoms with Crippen LogP contribution in [0.3, 0.4) is 0 Å². The zero-order chi connectivity index (χ0) is 9.14. The molecule has 0 aliphatic rings. The van der Waals surface area contributed by atoms with Crippen molar-refractivity contribution in [2.24, 2.45) is 0 Å². The molecule has 0 aliphatic heterocycles.